The Morgan fingerprint density at radius 2 is 1.00 bits per heavy atom. The molecule has 1 N–H and O–H groups in total. The van der Waals surface area contributed by atoms with Crippen LogP contribution in [-0.4, -0.2) is 4.98 Å². The Bertz CT molecular complexity index is 382. The first-order valence-electron chi connectivity index (χ1n) is 5.93. The first-order valence-corrected chi connectivity index (χ1v) is 5.93. The maximum atomic E-state index is 3.83. The van der Waals surface area contributed by atoms with E-state index in [1.807, 2.05) is 24.3 Å². The second-order valence-corrected chi connectivity index (χ2v) is 4.01. The number of rotatable bonds is 8. The minimum absolute atomic E-state index is 0.866. The lowest BCUT2D eigenvalue weighted by Crippen LogP contribution is -1.93. The molecular formula is C16H21N. The molecule has 0 radical (unpaired) electrons. The minimum Gasteiger partial charge on any atom is -0.361 e. The number of nitrogens with one attached hydrogen (secondary N) is 1. The molecule has 0 bridgehead atoms. The van der Waals surface area contributed by atoms with Crippen molar-refractivity contribution >= 4 is 0 Å². The van der Waals surface area contributed by atoms with Crippen LogP contribution in [0.15, 0.2) is 50.6 Å². The van der Waals surface area contributed by atoms with Crippen molar-refractivity contribution < 1.29 is 0 Å². The predicted molar refractivity (Wildman–Crippen MR) is 76.4 cm³/mol. The van der Waals surface area contributed by atoms with Crippen LogP contribution in [-0.2, 0) is 25.7 Å². The van der Waals surface area contributed by atoms with Gasteiger partial charge in [0.25, 0.3) is 0 Å². The van der Waals surface area contributed by atoms with Gasteiger partial charge in [-0.05, 0) is 24.0 Å². The Hall–Kier alpha value is -1.76. The summed E-state index contributed by atoms with van der Waals surface area (Å²) in [7, 11) is 0. The summed E-state index contributed by atoms with van der Waals surface area (Å²) in [6.45, 7) is 15.3. The summed E-state index contributed by atoms with van der Waals surface area (Å²) in [5.41, 5.74) is 5.18. The summed E-state index contributed by atoms with van der Waals surface area (Å²) in [5, 5.41) is 0. The van der Waals surface area contributed by atoms with Gasteiger partial charge in [0.2, 0.25) is 0 Å². The van der Waals surface area contributed by atoms with Crippen molar-refractivity contribution in [3.63, 3.8) is 0 Å². The van der Waals surface area contributed by atoms with Crippen LogP contribution in [0.2, 0.25) is 0 Å². The molecule has 0 saturated heterocycles. The van der Waals surface area contributed by atoms with Gasteiger partial charge in [-0.15, -0.1) is 26.3 Å². The van der Waals surface area contributed by atoms with Crippen molar-refractivity contribution in [2.75, 3.05) is 0 Å². The predicted octanol–water partition coefficient (Wildman–Crippen LogP) is 3.93. The molecule has 0 spiro atoms. The van der Waals surface area contributed by atoms with Crippen LogP contribution in [0.1, 0.15) is 22.5 Å². The fourth-order valence-corrected chi connectivity index (χ4v) is 2.12. The van der Waals surface area contributed by atoms with E-state index in [4.69, 9.17) is 0 Å². The molecule has 0 fully saturated rings. The molecule has 0 saturated carbocycles. The summed E-state index contributed by atoms with van der Waals surface area (Å²) >= 11 is 0. The zero-order valence-corrected chi connectivity index (χ0v) is 10.5. The highest BCUT2D eigenvalue weighted by Crippen LogP contribution is 2.23. The molecule has 1 aromatic rings. The van der Waals surface area contributed by atoms with Crippen LogP contribution in [0.5, 0.6) is 0 Å². The van der Waals surface area contributed by atoms with Crippen LogP contribution < -0.4 is 0 Å². The summed E-state index contributed by atoms with van der Waals surface area (Å²) in [4.78, 5) is 3.48. The SMILES string of the molecule is C=CCc1[nH]c(CC=C)c(CC=C)c1CC=C. The van der Waals surface area contributed by atoms with E-state index in [0.29, 0.717) is 0 Å². The first kappa shape index (κ1) is 13.3. The van der Waals surface area contributed by atoms with E-state index in [9.17, 15) is 0 Å². The molecule has 1 heteroatoms. The van der Waals surface area contributed by atoms with Crippen molar-refractivity contribution in [1.82, 2.24) is 4.98 Å². The number of hydrogen-bond donors (Lipinski definition) is 1. The Balaban J connectivity index is 3.24. The zero-order chi connectivity index (χ0) is 12.7. The van der Waals surface area contributed by atoms with E-state index in [1.54, 1.807) is 0 Å². The molecule has 0 atom stereocenters. The van der Waals surface area contributed by atoms with Gasteiger partial charge < -0.3 is 4.98 Å². The van der Waals surface area contributed by atoms with E-state index in [1.165, 1.54) is 22.5 Å². The second-order valence-electron chi connectivity index (χ2n) is 4.01. The molecule has 0 aliphatic rings. The normalized spacial score (nSPS) is 9.88. The van der Waals surface area contributed by atoms with Crippen LogP contribution in [0.4, 0.5) is 0 Å². The van der Waals surface area contributed by atoms with Crippen LogP contribution >= 0.6 is 0 Å². The zero-order valence-electron chi connectivity index (χ0n) is 10.5. The molecule has 1 rings (SSSR count). The van der Waals surface area contributed by atoms with E-state index >= 15 is 0 Å². The highest BCUT2D eigenvalue weighted by Gasteiger charge is 2.13. The minimum atomic E-state index is 0.866. The van der Waals surface area contributed by atoms with Crippen LogP contribution in [0.3, 0.4) is 0 Å². The summed E-state index contributed by atoms with van der Waals surface area (Å²) in [5.74, 6) is 0. The highest BCUT2D eigenvalue weighted by atomic mass is 14.7. The average molecular weight is 227 g/mol. The molecule has 0 unspecified atom stereocenters. The fraction of sp³-hybridized carbons (Fsp3) is 0.250. The number of aromatic amines is 1. The van der Waals surface area contributed by atoms with E-state index in [-0.39, 0.29) is 0 Å². The molecule has 1 aromatic heterocycles. The quantitative estimate of drug-likeness (QED) is 0.648. The van der Waals surface area contributed by atoms with Crippen LogP contribution in [0, 0.1) is 0 Å². The van der Waals surface area contributed by atoms with E-state index in [0.717, 1.165) is 25.7 Å². The monoisotopic (exact) mass is 227 g/mol. The van der Waals surface area contributed by atoms with Gasteiger partial charge in [0.05, 0.1) is 0 Å². The third-order valence-electron chi connectivity index (χ3n) is 2.79. The van der Waals surface area contributed by atoms with Crippen molar-refractivity contribution in [3.8, 4) is 0 Å². The smallest absolute Gasteiger partial charge is 0.0226 e. The summed E-state index contributed by atoms with van der Waals surface area (Å²) < 4.78 is 0. The topological polar surface area (TPSA) is 15.8 Å². The molecule has 17 heavy (non-hydrogen) atoms. The first-order chi connectivity index (χ1) is 8.28. The third kappa shape index (κ3) is 3.10. The molecule has 90 valence electrons. The lowest BCUT2D eigenvalue weighted by molar-refractivity contribution is 1.05. The molecule has 0 amide bonds. The van der Waals surface area contributed by atoms with Gasteiger partial charge in [0.15, 0.2) is 0 Å². The highest BCUT2D eigenvalue weighted by molar-refractivity contribution is 5.41. The maximum Gasteiger partial charge on any atom is 0.0226 e. The van der Waals surface area contributed by atoms with E-state index in [2.05, 4.69) is 31.3 Å². The van der Waals surface area contributed by atoms with Crippen molar-refractivity contribution in [2.45, 2.75) is 25.7 Å². The largest absolute Gasteiger partial charge is 0.361 e. The molecule has 1 heterocycles. The van der Waals surface area contributed by atoms with Gasteiger partial charge in [0, 0.05) is 24.2 Å². The Morgan fingerprint density at radius 3 is 1.29 bits per heavy atom. The van der Waals surface area contributed by atoms with E-state index < -0.39 is 0 Å². The standard InChI is InChI=1S/C16H21N/c1-5-9-13-14(10-6-2)16(12-8-4)17-15(13)11-7-3/h5-8,17H,1-4,9-12H2. The van der Waals surface area contributed by atoms with Gasteiger partial charge in [-0.1, -0.05) is 24.3 Å². The molecule has 0 aliphatic heterocycles. The van der Waals surface area contributed by atoms with Gasteiger partial charge >= 0.3 is 0 Å². The number of H-pyrrole nitrogens is 1. The lowest BCUT2D eigenvalue weighted by Gasteiger charge is -2.03. The number of allylic oxidation sites excluding steroid dienone is 4. The summed E-state index contributed by atoms with van der Waals surface area (Å²) in [6.07, 6.45) is 11.2. The van der Waals surface area contributed by atoms with Crippen LogP contribution in [0.25, 0.3) is 0 Å². The Kier molecular flexibility index (Phi) is 5.28. The van der Waals surface area contributed by atoms with Gasteiger partial charge in [-0.25, -0.2) is 0 Å². The van der Waals surface area contributed by atoms with Crippen molar-refractivity contribution in [3.05, 3.63) is 73.1 Å². The molecule has 0 aliphatic carbocycles. The fourth-order valence-electron chi connectivity index (χ4n) is 2.12. The third-order valence-corrected chi connectivity index (χ3v) is 2.79. The average Bonchev–Trinajstić information content (AvgIpc) is 2.61. The van der Waals surface area contributed by atoms with Crippen molar-refractivity contribution in [1.29, 1.82) is 0 Å². The van der Waals surface area contributed by atoms with Gasteiger partial charge in [-0.2, -0.15) is 0 Å². The van der Waals surface area contributed by atoms with Gasteiger partial charge in [0.1, 0.15) is 0 Å². The molecule has 0 aromatic carbocycles. The van der Waals surface area contributed by atoms with Gasteiger partial charge in [-0.3, -0.25) is 0 Å². The lowest BCUT2D eigenvalue weighted by atomic mass is 10.00. The maximum absolute atomic E-state index is 3.83. The Morgan fingerprint density at radius 1 is 0.647 bits per heavy atom. The molecule has 1 nitrogen and oxygen atoms in total. The number of aromatic nitrogens is 1. The van der Waals surface area contributed by atoms with Crippen molar-refractivity contribution in [2.24, 2.45) is 0 Å². The molecular weight excluding hydrogens is 206 g/mol. The summed E-state index contributed by atoms with van der Waals surface area (Å²) in [6, 6.07) is 0. The Labute approximate surface area is 104 Å². The second kappa shape index (κ2) is 6.74. The number of hydrogen-bond acceptors (Lipinski definition) is 0.